The second kappa shape index (κ2) is 7.08. The van der Waals surface area contributed by atoms with E-state index in [0.29, 0.717) is 38.6 Å². The number of nitrogens with one attached hydrogen (secondary N) is 2. The van der Waals surface area contributed by atoms with Gasteiger partial charge in [-0.05, 0) is 23.6 Å². The molecule has 3 heterocycles. The predicted molar refractivity (Wildman–Crippen MR) is 92.5 cm³/mol. The molecule has 7 heteroatoms. The lowest BCUT2D eigenvalue weighted by molar-refractivity contribution is -0.0855. The highest BCUT2D eigenvalue weighted by molar-refractivity contribution is 5.92. The van der Waals surface area contributed by atoms with Crippen molar-refractivity contribution in [3.63, 3.8) is 0 Å². The molecule has 0 unspecified atom stereocenters. The van der Waals surface area contributed by atoms with Gasteiger partial charge < -0.3 is 19.4 Å². The molecule has 1 aliphatic heterocycles. The molecule has 2 aromatic heterocycles. The Kier molecular flexibility index (Phi) is 4.49. The molecule has 4 rings (SSSR count). The highest BCUT2D eigenvalue weighted by Crippen LogP contribution is 2.16. The number of carbonyl (C=O) groups excluding carboxylic acids is 1. The first-order valence-electron chi connectivity index (χ1n) is 8.35. The maximum atomic E-state index is 12.2. The van der Waals surface area contributed by atoms with Gasteiger partial charge in [0.05, 0.1) is 38.2 Å². The molecule has 7 nitrogen and oxygen atoms in total. The number of nitrogens with zero attached hydrogens (tertiary/aromatic N) is 2. The Morgan fingerprint density at radius 1 is 1.32 bits per heavy atom. The Morgan fingerprint density at radius 3 is 3.12 bits per heavy atom. The van der Waals surface area contributed by atoms with Crippen molar-refractivity contribution in [1.82, 2.24) is 20.1 Å². The number of carbonyl (C=O) groups is 1. The van der Waals surface area contributed by atoms with E-state index in [1.165, 1.54) is 5.39 Å². The van der Waals surface area contributed by atoms with Gasteiger partial charge in [0.15, 0.2) is 0 Å². The van der Waals surface area contributed by atoms with Gasteiger partial charge >= 0.3 is 0 Å². The number of aromatic nitrogens is 3. The lowest BCUT2D eigenvalue weighted by Crippen LogP contribution is -2.39. The molecule has 1 atom stereocenters. The molecular formula is C18H20N4O3. The van der Waals surface area contributed by atoms with Crippen molar-refractivity contribution in [2.45, 2.75) is 12.6 Å². The molecule has 1 aliphatic rings. The number of ether oxygens (including phenoxy) is 2. The lowest BCUT2D eigenvalue weighted by atomic mass is 10.2. The fraction of sp³-hybridized carbons (Fsp3) is 0.333. The summed E-state index contributed by atoms with van der Waals surface area (Å²) in [4.78, 5) is 12.2. The zero-order valence-electron chi connectivity index (χ0n) is 13.8. The van der Waals surface area contributed by atoms with Gasteiger partial charge in [-0.1, -0.05) is 18.2 Å². The molecule has 2 N–H and O–H groups in total. The number of hydrogen-bond acceptors (Lipinski definition) is 4. The predicted octanol–water partition coefficient (Wildman–Crippen LogP) is 1.56. The summed E-state index contributed by atoms with van der Waals surface area (Å²) in [6.07, 6.45) is 1.94. The Labute approximate surface area is 144 Å². The van der Waals surface area contributed by atoms with Crippen LogP contribution < -0.4 is 5.32 Å². The van der Waals surface area contributed by atoms with Gasteiger partial charge in [0.2, 0.25) is 0 Å². The van der Waals surface area contributed by atoms with Crippen molar-refractivity contribution < 1.29 is 14.3 Å². The molecule has 3 aromatic rings. The summed E-state index contributed by atoms with van der Waals surface area (Å²) >= 11 is 0. The molecule has 25 heavy (non-hydrogen) atoms. The lowest BCUT2D eigenvalue weighted by Gasteiger charge is -2.22. The Hall–Kier alpha value is -2.64. The van der Waals surface area contributed by atoms with Crippen molar-refractivity contribution in [3.05, 3.63) is 54.0 Å². The molecule has 1 saturated heterocycles. The van der Waals surface area contributed by atoms with Gasteiger partial charge in [-0.2, -0.15) is 5.10 Å². The van der Waals surface area contributed by atoms with E-state index in [4.69, 9.17) is 9.47 Å². The normalized spacial score (nSPS) is 17.7. The van der Waals surface area contributed by atoms with Gasteiger partial charge in [-0.3, -0.25) is 9.89 Å². The van der Waals surface area contributed by atoms with Gasteiger partial charge in [0.1, 0.15) is 5.69 Å². The number of hydrogen-bond donors (Lipinski definition) is 2. The summed E-state index contributed by atoms with van der Waals surface area (Å²) in [5.74, 6) is -0.214. The van der Waals surface area contributed by atoms with Gasteiger partial charge in [-0.15, -0.1) is 0 Å². The average molecular weight is 340 g/mol. The third-order valence-corrected chi connectivity index (χ3v) is 4.26. The minimum atomic E-state index is -0.214. The number of rotatable bonds is 5. The molecule has 0 radical (unpaired) electrons. The van der Waals surface area contributed by atoms with Crippen molar-refractivity contribution in [1.29, 1.82) is 0 Å². The monoisotopic (exact) mass is 340 g/mol. The summed E-state index contributed by atoms with van der Waals surface area (Å²) in [6.45, 7) is 2.74. The van der Waals surface area contributed by atoms with Crippen LogP contribution in [0.3, 0.4) is 0 Å². The molecule has 0 bridgehead atoms. The summed E-state index contributed by atoms with van der Waals surface area (Å²) in [7, 11) is 0. The second-order valence-corrected chi connectivity index (χ2v) is 6.06. The van der Waals surface area contributed by atoms with Crippen molar-refractivity contribution in [3.8, 4) is 0 Å². The molecule has 130 valence electrons. The first-order chi connectivity index (χ1) is 12.3. The van der Waals surface area contributed by atoms with Crippen LogP contribution in [-0.2, 0) is 16.0 Å². The average Bonchev–Trinajstić information content (AvgIpc) is 3.29. The van der Waals surface area contributed by atoms with Crippen LogP contribution in [0.4, 0.5) is 0 Å². The summed E-state index contributed by atoms with van der Waals surface area (Å²) < 4.78 is 12.9. The minimum absolute atomic E-state index is 0.0950. The maximum Gasteiger partial charge on any atom is 0.271 e. The van der Waals surface area contributed by atoms with Crippen molar-refractivity contribution in [2.24, 2.45) is 0 Å². The number of fused-ring (bicyclic) bond motifs is 1. The van der Waals surface area contributed by atoms with Crippen LogP contribution in [0.15, 0.2) is 42.6 Å². The summed E-state index contributed by atoms with van der Waals surface area (Å²) in [6, 6.07) is 12.0. The first-order valence-corrected chi connectivity index (χ1v) is 8.35. The maximum absolute atomic E-state index is 12.2. The molecular weight excluding hydrogens is 320 g/mol. The zero-order valence-corrected chi connectivity index (χ0v) is 13.8. The van der Waals surface area contributed by atoms with Crippen LogP contribution in [0.25, 0.3) is 10.9 Å². The third-order valence-electron chi connectivity index (χ3n) is 4.26. The van der Waals surface area contributed by atoms with E-state index in [1.807, 2.05) is 18.3 Å². The number of benzene rings is 1. The van der Waals surface area contributed by atoms with Gasteiger partial charge in [-0.25, -0.2) is 0 Å². The Morgan fingerprint density at radius 2 is 2.24 bits per heavy atom. The second-order valence-electron chi connectivity index (χ2n) is 6.06. The standard InChI is InChI=1S/C18H20N4O3/c23-18(19-10-15-12-24-7-8-25-15)16-9-14(20-21-16)11-22-6-5-13-3-1-2-4-17(13)22/h1-6,9,15H,7-8,10-12H2,(H,19,23)(H,20,21)/t15-/m1/s1. The highest BCUT2D eigenvalue weighted by Gasteiger charge is 2.17. The molecule has 0 spiro atoms. The number of H-pyrrole nitrogens is 1. The van der Waals surface area contributed by atoms with Crippen LogP contribution in [0.1, 0.15) is 16.2 Å². The van der Waals surface area contributed by atoms with E-state index in [9.17, 15) is 4.79 Å². The zero-order chi connectivity index (χ0) is 17.1. The van der Waals surface area contributed by atoms with E-state index < -0.39 is 0 Å². The molecule has 1 amide bonds. The van der Waals surface area contributed by atoms with E-state index in [1.54, 1.807) is 6.07 Å². The fourth-order valence-corrected chi connectivity index (χ4v) is 2.97. The molecule has 1 fully saturated rings. The van der Waals surface area contributed by atoms with E-state index in [2.05, 4.69) is 38.3 Å². The highest BCUT2D eigenvalue weighted by atomic mass is 16.6. The van der Waals surface area contributed by atoms with Crippen molar-refractivity contribution >= 4 is 16.8 Å². The van der Waals surface area contributed by atoms with Crippen LogP contribution >= 0.6 is 0 Å². The third kappa shape index (κ3) is 3.57. The molecule has 0 aliphatic carbocycles. The largest absolute Gasteiger partial charge is 0.376 e. The van der Waals surface area contributed by atoms with Gasteiger partial charge in [0.25, 0.3) is 5.91 Å². The SMILES string of the molecule is O=C(NC[C@@H]1COCCO1)c1cc(Cn2ccc3ccccc32)[nH]n1. The number of aromatic amines is 1. The van der Waals surface area contributed by atoms with E-state index in [-0.39, 0.29) is 12.0 Å². The topological polar surface area (TPSA) is 81.2 Å². The quantitative estimate of drug-likeness (QED) is 0.738. The smallest absolute Gasteiger partial charge is 0.271 e. The van der Waals surface area contributed by atoms with Crippen LogP contribution in [-0.4, -0.2) is 53.1 Å². The summed E-state index contributed by atoms with van der Waals surface area (Å²) in [5, 5.41) is 11.1. The fourth-order valence-electron chi connectivity index (χ4n) is 2.97. The van der Waals surface area contributed by atoms with Crippen LogP contribution in [0.5, 0.6) is 0 Å². The Bertz CT molecular complexity index is 864. The van der Waals surface area contributed by atoms with E-state index in [0.717, 1.165) is 11.2 Å². The minimum Gasteiger partial charge on any atom is -0.376 e. The van der Waals surface area contributed by atoms with E-state index >= 15 is 0 Å². The van der Waals surface area contributed by atoms with Crippen molar-refractivity contribution in [2.75, 3.05) is 26.4 Å². The van der Waals surface area contributed by atoms with Crippen LogP contribution in [0, 0.1) is 0 Å². The van der Waals surface area contributed by atoms with Crippen LogP contribution in [0.2, 0.25) is 0 Å². The molecule has 1 aromatic carbocycles. The summed E-state index contributed by atoms with van der Waals surface area (Å²) in [5.41, 5.74) is 2.41. The Balaban J connectivity index is 1.38. The first kappa shape index (κ1) is 15.9. The van der Waals surface area contributed by atoms with Gasteiger partial charge in [0, 0.05) is 18.3 Å². The molecule has 0 saturated carbocycles. The number of amides is 1. The number of para-hydroxylation sites is 1.